The summed E-state index contributed by atoms with van der Waals surface area (Å²) in [7, 11) is 0. The molecule has 1 unspecified atom stereocenters. The fourth-order valence-corrected chi connectivity index (χ4v) is 1.67. The van der Waals surface area contributed by atoms with Crippen molar-refractivity contribution in [3.63, 3.8) is 0 Å². The van der Waals surface area contributed by atoms with E-state index in [0.717, 1.165) is 6.42 Å². The minimum Gasteiger partial charge on any atom is -0.478 e. The van der Waals surface area contributed by atoms with E-state index in [-0.39, 0.29) is 30.3 Å². The third-order valence-corrected chi connectivity index (χ3v) is 2.73. The number of hydrogen-bond acceptors (Lipinski definition) is 4. The molecule has 1 atom stereocenters. The van der Waals surface area contributed by atoms with E-state index in [4.69, 9.17) is 14.9 Å². The second-order valence-corrected chi connectivity index (χ2v) is 4.42. The summed E-state index contributed by atoms with van der Waals surface area (Å²) in [5.41, 5.74) is -0.000121. The minimum absolute atomic E-state index is 0.0596. The summed E-state index contributed by atoms with van der Waals surface area (Å²) in [5.74, 6) is -1.65. The van der Waals surface area contributed by atoms with Crippen molar-refractivity contribution in [1.82, 2.24) is 0 Å². The Hall–Kier alpha value is -1.88. The van der Waals surface area contributed by atoms with Crippen LogP contribution in [0.2, 0.25) is 0 Å². The maximum absolute atomic E-state index is 11.8. The second kappa shape index (κ2) is 7.53. The van der Waals surface area contributed by atoms with Crippen LogP contribution in [0.5, 0.6) is 0 Å². The Morgan fingerprint density at radius 2 is 1.89 bits per heavy atom. The second-order valence-electron chi connectivity index (χ2n) is 4.42. The van der Waals surface area contributed by atoms with Gasteiger partial charge in [-0.05, 0) is 30.9 Å². The van der Waals surface area contributed by atoms with Crippen molar-refractivity contribution in [3.05, 3.63) is 35.4 Å². The predicted octanol–water partition coefficient (Wildman–Crippen LogP) is 1.95. The minimum atomic E-state index is -1.15. The lowest BCUT2D eigenvalue weighted by atomic mass is 10.1. The summed E-state index contributed by atoms with van der Waals surface area (Å²) in [4.78, 5) is 22.8. The highest BCUT2D eigenvalue weighted by atomic mass is 16.5. The van der Waals surface area contributed by atoms with Gasteiger partial charge in [0.1, 0.15) is 0 Å². The lowest BCUT2D eigenvalue weighted by Crippen LogP contribution is -2.15. The largest absolute Gasteiger partial charge is 0.478 e. The molecule has 104 valence electrons. The smallest absolute Gasteiger partial charge is 0.339 e. The van der Waals surface area contributed by atoms with Crippen molar-refractivity contribution in [3.8, 4) is 0 Å². The molecular formula is C14H18O5. The van der Waals surface area contributed by atoms with E-state index in [2.05, 4.69) is 0 Å². The monoisotopic (exact) mass is 266 g/mol. The van der Waals surface area contributed by atoms with Gasteiger partial charge in [0.25, 0.3) is 0 Å². The molecule has 0 amide bonds. The van der Waals surface area contributed by atoms with Gasteiger partial charge < -0.3 is 14.9 Å². The number of carbonyl (C=O) groups is 2. The third-order valence-electron chi connectivity index (χ3n) is 2.73. The standard InChI is InChI=1S/C14H18O5/c1-10(5-4-8-15)9-19-14(18)12-7-3-2-6-11(12)13(16)17/h2-3,6-7,10,15H,4-5,8-9H2,1H3,(H,16,17). The van der Waals surface area contributed by atoms with Crippen molar-refractivity contribution in [2.75, 3.05) is 13.2 Å². The Balaban J connectivity index is 2.61. The molecule has 0 aliphatic heterocycles. The van der Waals surface area contributed by atoms with Gasteiger partial charge in [-0.25, -0.2) is 9.59 Å². The summed E-state index contributed by atoms with van der Waals surface area (Å²) in [5, 5.41) is 17.7. The molecule has 0 aromatic heterocycles. The lowest BCUT2D eigenvalue weighted by molar-refractivity contribution is 0.0432. The highest BCUT2D eigenvalue weighted by Gasteiger charge is 2.17. The maximum atomic E-state index is 11.8. The summed E-state index contributed by atoms with van der Waals surface area (Å²) < 4.78 is 5.09. The average Bonchev–Trinajstić information content (AvgIpc) is 2.42. The summed E-state index contributed by atoms with van der Waals surface area (Å²) >= 11 is 0. The van der Waals surface area contributed by atoms with Gasteiger partial charge >= 0.3 is 11.9 Å². The van der Waals surface area contributed by atoms with E-state index in [1.165, 1.54) is 12.1 Å². The van der Waals surface area contributed by atoms with Crippen LogP contribution in [0.25, 0.3) is 0 Å². The highest BCUT2D eigenvalue weighted by Crippen LogP contribution is 2.12. The van der Waals surface area contributed by atoms with E-state index in [9.17, 15) is 9.59 Å². The number of aromatic carboxylic acids is 1. The molecule has 0 heterocycles. The van der Waals surface area contributed by atoms with Gasteiger partial charge in [-0.2, -0.15) is 0 Å². The predicted molar refractivity (Wildman–Crippen MR) is 69.2 cm³/mol. The fourth-order valence-electron chi connectivity index (χ4n) is 1.67. The van der Waals surface area contributed by atoms with Crippen LogP contribution in [0.15, 0.2) is 24.3 Å². The average molecular weight is 266 g/mol. The quantitative estimate of drug-likeness (QED) is 0.737. The number of carboxylic acid groups (broad SMARTS) is 1. The first kappa shape index (κ1) is 15.2. The molecule has 0 aliphatic rings. The van der Waals surface area contributed by atoms with Gasteiger partial charge in [0.15, 0.2) is 0 Å². The van der Waals surface area contributed by atoms with E-state index in [1.54, 1.807) is 12.1 Å². The molecule has 0 saturated heterocycles. The number of aliphatic hydroxyl groups excluding tert-OH is 1. The van der Waals surface area contributed by atoms with Crippen LogP contribution in [0, 0.1) is 5.92 Å². The molecular weight excluding hydrogens is 248 g/mol. The van der Waals surface area contributed by atoms with Crippen LogP contribution in [0.1, 0.15) is 40.5 Å². The lowest BCUT2D eigenvalue weighted by Gasteiger charge is -2.12. The van der Waals surface area contributed by atoms with Crippen molar-refractivity contribution in [1.29, 1.82) is 0 Å². The van der Waals surface area contributed by atoms with Crippen molar-refractivity contribution >= 4 is 11.9 Å². The molecule has 5 nitrogen and oxygen atoms in total. The number of ether oxygens (including phenoxy) is 1. The van der Waals surface area contributed by atoms with Crippen LogP contribution in [0.3, 0.4) is 0 Å². The number of aliphatic hydroxyl groups is 1. The van der Waals surface area contributed by atoms with Crippen LogP contribution in [-0.4, -0.2) is 35.4 Å². The SMILES string of the molecule is CC(CCCO)COC(=O)c1ccccc1C(=O)O. The van der Waals surface area contributed by atoms with E-state index < -0.39 is 11.9 Å². The molecule has 0 aliphatic carbocycles. The van der Waals surface area contributed by atoms with E-state index in [1.807, 2.05) is 6.92 Å². The Labute approximate surface area is 111 Å². The molecule has 19 heavy (non-hydrogen) atoms. The molecule has 2 N–H and O–H groups in total. The highest BCUT2D eigenvalue weighted by molar-refractivity contribution is 6.02. The van der Waals surface area contributed by atoms with Crippen LogP contribution < -0.4 is 0 Å². The number of benzene rings is 1. The summed E-state index contributed by atoms with van der Waals surface area (Å²) in [6, 6.07) is 5.96. The van der Waals surface area contributed by atoms with Gasteiger partial charge in [0.05, 0.1) is 17.7 Å². The topological polar surface area (TPSA) is 83.8 Å². The number of rotatable bonds is 7. The van der Waals surface area contributed by atoms with Gasteiger partial charge in [0, 0.05) is 6.61 Å². The Bertz CT molecular complexity index is 441. The van der Waals surface area contributed by atoms with Crippen LogP contribution >= 0.6 is 0 Å². The third kappa shape index (κ3) is 4.71. The molecule has 5 heteroatoms. The maximum Gasteiger partial charge on any atom is 0.339 e. The fraction of sp³-hybridized carbons (Fsp3) is 0.429. The Kier molecular flexibility index (Phi) is 6.02. The molecule has 0 saturated carbocycles. The van der Waals surface area contributed by atoms with Crippen molar-refractivity contribution in [2.45, 2.75) is 19.8 Å². The first-order valence-corrected chi connectivity index (χ1v) is 6.16. The molecule has 1 aromatic carbocycles. The van der Waals surface area contributed by atoms with Gasteiger partial charge in [-0.15, -0.1) is 0 Å². The normalized spacial score (nSPS) is 11.9. The van der Waals surface area contributed by atoms with E-state index >= 15 is 0 Å². The zero-order valence-electron chi connectivity index (χ0n) is 10.8. The first-order chi connectivity index (χ1) is 9.06. The number of hydrogen-bond donors (Lipinski definition) is 2. The first-order valence-electron chi connectivity index (χ1n) is 6.16. The van der Waals surface area contributed by atoms with Crippen LogP contribution in [-0.2, 0) is 4.74 Å². The van der Waals surface area contributed by atoms with E-state index in [0.29, 0.717) is 6.42 Å². The molecule has 1 rings (SSSR count). The van der Waals surface area contributed by atoms with Gasteiger partial charge in [0.2, 0.25) is 0 Å². The zero-order chi connectivity index (χ0) is 14.3. The molecule has 0 spiro atoms. The van der Waals surface area contributed by atoms with Crippen molar-refractivity contribution in [2.24, 2.45) is 5.92 Å². The molecule has 0 radical (unpaired) electrons. The Morgan fingerprint density at radius 1 is 1.26 bits per heavy atom. The van der Waals surface area contributed by atoms with Crippen LogP contribution in [0.4, 0.5) is 0 Å². The molecule has 0 bridgehead atoms. The summed E-state index contributed by atoms with van der Waals surface area (Å²) in [6.07, 6.45) is 1.41. The van der Waals surface area contributed by atoms with Crippen molar-refractivity contribution < 1.29 is 24.5 Å². The molecule has 1 aromatic rings. The van der Waals surface area contributed by atoms with Gasteiger partial charge in [-0.3, -0.25) is 0 Å². The number of esters is 1. The Morgan fingerprint density at radius 3 is 2.47 bits per heavy atom. The van der Waals surface area contributed by atoms with Gasteiger partial charge in [-0.1, -0.05) is 19.1 Å². The molecule has 0 fully saturated rings. The zero-order valence-corrected chi connectivity index (χ0v) is 10.8. The summed E-state index contributed by atoms with van der Waals surface area (Å²) in [6.45, 7) is 2.24. The number of carbonyl (C=O) groups excluding carboxylic acids is 1. The number of carboxylic acids is 1.